The fourth-order valence-electron chi connectivity index (χ4n) is 5.01. The topological polar surface area (TPSA) is 51.5 Å². The molecule has 4 aromatic carbocycles. The number of nitriles is 1. The Kier molecular flexibility index (Phi) is 11.6. The van der Waals surface area contributed by atoms with Crippen LogP contribution in [0.5, 0.6) is 11.5 Å². The van der Waals surface area contributed by atoms with E-state index in [0.717, 1.165) is 29.2 Å². The van der Waals surface area contributed by atoms with Crippen LogP contribution in [-0.2, 0) is 23.8 Å². The molecule has 0 aliphatic heterocycles. The molecule has 4 rings (SSSR count). The van der Waals surface area contributed by atoms with Crippen molar-refractivity contribution >= 4 is 23.2 Å². The lowest BCUT2D eigenvalue weighted by Crippen LogP contribution is -2.13. The lowest BCUT2D eigenvalue weighted by atomic mass is 9.87. The molecule has 0 saturated heterocycles. The fraction of sp³-hybridized carbons (Fsp3) is 0.286. The number of alkyl halides is 3. The summed E-state index contributed by atoms with van der Waals surface area (Å²) in [7, 11) is 1.62. The molecule has 0 aromatic heterocycles. The normalized spacial score (nSPS) is 12.0. The molecule has 0 heterocycles. The molecule has 44 heavy (non-hydrogen) atoms. The van der Waals surface area contributed by atoms with E-state index >= 15 is 0 Å². The van der Waals surface area contributed by atoms with Gasteiger partial charge in [-0.2, -0.15) is 18.4 Å². The SMILES string of the molecule is COCCCc1ccccc1-c1ccc(C(C#N)Cc2ccc(OCCOc3c(Cl)cc(C)cc3Cl)cc2)c(C(F)(F)F)c1. The van der Waals surface area contributed by atoms with Crippen LogP contribution in [0.25, 0.3) is 11.1 Å². The molecule has 0 saturated carbocycles. The van der Waals surface area contributed by atoms with E-state index in [9.17, 15) is 18.4 Å². The number of aryl methyl sites for hydroxylation is 2. The maximum atomic E-state index is 14.3. The lowest BCUT2D eigenvalue weighted by molar-refractivity contribution is -0.138. The third-order valence-electron chi connectivity index (χ3n) is 7.12. The number of hydrogen-bond acceptors (Lipinski definition) is 4. The molecule has 230 valence electrons. The molecule has 1 unspecified atom stereocenters. The van der Waals surface area contributed by atoms with Crippen LogP contribution in [0, 0.1) is 18.3 Å². The molecule has 0 aliphatic carbocycles. The van der Waals surface area contributed by atoms with Crippen LogP contribution in [0.1, 0.15) is 40.2 Å². The minimum Gasteiger partial charge on any atom is -0.490 e. The van der Waals surface area contributed by atoms with Gasteiger partial charge in [-0.1, -0.05) is 71.7 Å². The summed E-state index contributed by atoms with van der Waals surface area (Å²) in [5.41, 5.74) is 2.92. The maximum absolute atomic E-state index is 14.3. The minimum atomic E-state index is -4.63. The predicted octanol–water partition coefficient (Wildman–Crippen LogP) is 9.87. The molecule has 0 N–H and O–H groups in total. The summed E-state index contributed by atoms with van der Waals surface area (Å²) in [5, 5.41) is 10.8. The van der Waals surface area contributed by atoms with Gasteiger partial charge in [0.25, 0.3) is 0 Å². The summed E-state index contributed by atoms with van der Waals surface area (Å²) in [5.74, 6) is -0.0591. The highest BCUT2D eigenvalue weighted by Crippen LogP contribution is 2.39. The van der Waals surface area contributed by atoms with E-state index in [1.165, 1.54) is 6.07 Å². The predicted molar refractivity (Wildman–Crippen MR) is 168 cm³/mol. The zero-order valence-corrected chi connectivity index (χ0v) is 25.9. The fourth-order valence-corrected chi connectivity index (χ4v) is 5.72. The molecule has 4 nitrogen and oxygen atoms in total. The third kappa shape index (κ3) is 8.69. The monoisotopic (exact) mass is 641 g/mol. The summed E-state index contributed by atoms with van der Waals surface area (Å²) in [6.45, 7) is 2.86. The van der Waals surface area contributed by atoms with Crippen LogP contribution in [0.15, 0.2) is 78.9 Å². The van der Waals surface area contributed by atoms with Crippen molar-refractivity contribution in [3.8, 4) is 28.7 Å². The average Bonchev–Trinajstić information content (AvgIpc) is 2.99. The molecule has 4 aromatic rings. The van der Waals surface area contributed by atoms with Gasteiger partial charge < -0.3 is 14.2 Å². The number of halogens is 5. The molecule has 1 atom stereocenters. The first-order valence-electron chi connectivity index (χ1n) is 14.1. The minimum absolute atomic E-state index is 0.0495. The van der Waals surface area contributed by atoms with Crippen molar-refractivity contribution < 1.29 is 27.4 Å². The van der Waals surface area contributed by atoms with E-state index in [2.05, 4.69) is 6.07 Å². The van der Waals surface area contributed by atoms with Gasteiger partial charge in [-0.05, 0) is 89.9 Å². The largest absolute Gasteiger partial charge is 0.490 e. The van der Waals surface area contributed by atoms with Crippen LogP contribution in [0.2, 0.25) is 10.0 Å². The highest BCUT2D eigenvalue weighted by atomic mass is 35.5. The zero-order valence-electron chi connectivity index (χ0n) is 24.4. The van der Waals surface area contributed by atoms with Gasteiger partial charge in [-0.25, -0.2) is 0 Å². The summed E-state index contributed by atoms with van der Waals surface area (Å²) in [4.78, 5) is 0. The number of methoxy groups -OCH3 is 1. The quantitative estimate of drug-likeness (QED) is 0.136. The van der Waals surface area contributed by atoms with Gasteiger partial charge in [0.1, 0.15) is 19.0 Å². The van der Waals surface area contributed by atoms with E-state index in [1.807, 2.05) is 31.2 Å². The molecule has 0 bridgehead atoms. The summed E-state index contributed by atoms with van der Waals surface area (Å²) in [6.07, 6.45) is -3.09. The second kappa shape index (κ2) is 15.3. The Balaban J connectivity index is 1.45. The van der Waals surface area contributed by atoms with Crippen molar-refractivity contribution in [2.45, 2.75) is 38.3 Å². The van der Waals surface area contributed by atoms with Crippen LogP contribution < -0.4 is 9.47 Å². The van der Waals surface area contributed by atoms with E-state index in [4.69, 9.17) is 37.4 Å². The molecule has 9 heteroatoms. The van der Waals surface area contributed by atoms with Crippen molar-refractivity contribution in [2.24, 2.45) is 0 Å². The molecule has 0 amide bonds. The van der Waals surface area contributed by atoms with Crippen LogP contribution in [-0.4, -0.2) is 26.9 Å². The van der Waals surface area contributed by atoms with Gasteiger partial charge in [-0.3, -0.25) is 0 Å². The van der Waals surface area contributed by atoms with Gasteiger partial charge in [0.2, 0.25) is 0 Å². The standard InChI is InChI=1S/C35H32Cl2F3NO3/c1-23-18-32(36)34(33(37)19-23)44-17-16-43-28-12-9-24(10-13-28)20-27(22-41)30-14-11-26(21-31(30)35(38,39)40)29-8-4-3-6-25(29)7-5-15-42-2/h3-4,6,8-14,18-19,21,27H,5,7,15-17,20H2,1-2H3. The first-order valence-corrected chi connectivity index (χ1v) is 14.8. The highest BCUT2D eigenvalue weighted by Gasteiger charge is 2.36. The number of benzene rings is 4. The molecule has 0 aliphatic rings. The summed E-state index contributed by atoms with van der Waals surface area (Å²) in [6, 6.07) is 24.2. The Bertz CT molecular complexity index is 1580. The van der Waals surface area contributed by atoms with E-state index in [0.29, 0.717) is 45.7 Å². The molecular formula is C35H32Cl2F3NO3. The number of hydrogen-bond donors (Lipinski definition) is 0. The molecular weight excluding hydrogens is 610 g/mol. The Hall–Kier alpha value is -3.70. The second-order valence-corrected chi connectivity index (χ2v) is 11.2. The smallest absolute Gasteiger partial charge is 0.416 e. The average molecular weight is 643 g/mol. The first-order chi connectivity index (χ1) is 21.1. The Morgan fingerprint density at radius 3 is 2.20 bits per heavy atom. The number of nitrogens with zero attached hydrogens (tertiary/aromatic N) is 1. The van der Waals surface area contributed by atoms with E-state index < -0.39 is 17.7 Å². The van der Waals surface area contributed by atoms with Gasteiger partial charge >= 0.3 is 6.18 Å². The highest BCUT2D eigenvalue weighted by molar-refractivity contribution is 6.37. The maximum Gasteiger partial charge on any atom is 0.416 e. The van der Waals surface area contributed by atoms with Crippen molar-refractivity contribution in [3.63, 3.8) is 0 Å². The van der Waals surface area contributed by atoms with Crippen molar-refractivity contribution in [1.29, 1.82) is 5.26 Å². The van der Waals surface area contributed by atoms with E-state index in [1.54, 1.807) is 49.6 Å². The second-order valence-electron chi connectivity index (χ2n) is 10.3. The lowest BCUT2D eigenvalue weighted by Gasteiger charge is -2.19. The Morgan fingerprint density at radius 1 is 0.864 bits per heavy atom. The summed E-state index contributed by atoms with van der Waals surface area (Å²) < 4.78 is 59.5. The van der Waals surface area contributed by atoms with Crippen molar-refractivity contribution in [2.75, 3.05) is 26.9 Å². The zero-order chi connectivity index (χ0) is 31.7. The number of rotatable bonds is 13. The van der Waals surface area contributed by atoms with Gasteiger partial charge in [0.05, 0.1) is 27.6 Å². The van der Waals surface area contributed by atoms with Gasteiger partial charge in [-0.15, -0.1) is 0 Å². The Labute approximate surface area is 265 Å². The van der Waals surface area contributed by atoms with E-state index in [-0.39, 0.29) is 25.2 Å². The van der Waals surface area contributed by atoms with Gasteiger partial charge in [0.15, 0.2) is 5.75 Å². The van der Waals surface area contributed by atoms with Gasteiger partial charge in [0, 0.05) is 13.7 Å². The number of ether oxygens (including phenoxy) is 3. The van der Waals surface area contributed by atoms with Crippen LogP contribution >= 0.6 is 23.2 Å². The Morgan fingerprint density at radius 2 is 1.55 bits per heavy atom. The van der Waals surface area contributed by atoms with Crippen LogP contribution in [0.4, 0.5) is 13.2 Å². The van der Waals surface area contributed by atoms with Crippen molar-refractivity contribution in [1.82, 2.24) is 0 Å². The van der Waals surface area contributed by atoms with Crippen molar-refractivity contribution in [3.05, 3.63) is 117 Å². The van der Waals surface area contributed by atoms with Crippen LogP contribution in [0.3, 0.4) is 0 Å². The first kappa shape index (κ1) is 33.2. The molecule has 0 radical (unpaired) electrons. The summed E-state index contributed by atoms with van der Waals surface area (Å²) >= 11 is 12.4. The third-order valence-corrected chi connectivity index (χ3v) is 7.68. The molecule has 0 fully saturated rings. The molecule has 0 spiro atoms.